The number of ether oxygens (including phenoxy) is 1. The van der Waals surface area contributed by atoms with Gasteiger partial charge >= 0.3 is 0 Å². The molecular formula is C14H26N2O3. The quantitative estimate of drug-likeness (QED) is 0.764. The summed E-state index contributed by atoms with van der Waals surface area (Å²) in [6.45, 7) is 6.37. The molecule has 0 unspecified atom stereocenters. The van der Waals surface area contributed by atoms with Crippen LogP contribution in [0.1, 0.15) is 52.9 Å². The predicted octanol–water partition coefficient (Wildman–Crippen LogP) is 1.35. The van der Waals surface area contributed by atoms with Gasteiger partial charge in [0.05, 0.1) is 12.5 Å². The summed E-state index contributed by atoms with van der Waals surface area (Å²) < 4.78 is 5.54. The Balaban J connectivity index is 2.63. The summed E-state index contributed by atoms with van der Waals surface area (Å²) >= 11 is 0. The second kappa shape index (κ2) is 6.89. The van der Waals surface area contributed by atoms with Gasteiger partial charge in [0, 0.05) is 6.61 Å². The van der Waals surface area contributed by atoms with Crippen LogP contribution >= 0.6 is 0 Å². The fourth-order valence-electron chi connectivity index (χ4n) is 2.64. The van der Waals surface area contributed by atoms with Crippen molar-refractivity contribution in [2.45, 2.75) is 64.5 Å². The van der Waals surface area contributed by atoms with E-state index in [1.807, 2.05) is 20.8 Å². The number of rotatable bonds is 6. The summed E-state index contributed by atoms with van der Waals surface area (Å²) in [6.07, 6.45) is 3.84. The van der Waals surface area contributed by atoms with Crippen LogP contribution in [0.5, 0.6) is 0 Å². The third-order valence-corrected chi connectivity index (χ3v) is 4.03. The largest absolute Gasteiger partial charge is 0.378 e. The Morgan fingerprint density at radius 2 is 2.11 bits per heavy atom. The van der Waals surface area contributed by atoms with Crippen LogP contribution < -0.4 is 11.1 Å². The van der Waals surface area contributed by atoms with Crippen molar-refractivity contribution in [1.82, 2.24) is 5.32 Å². The Morgan fingerprint density at radius 1 is 1.42 bits per heavy atom. The molecule has 0 aliphatic carbocycles. The van der Waals surface area contributed by atoms with Crippen molar-refractivity contribution in [3.05, 3.63) is 0 Å². The van der Waals surface area contributed by atoms with E-state index < -0.39 is 11.4 Å². The molecule has 0 aromatic carbocycles. The van der Waals surface area contributed by atoms with E-state index in [9.17, 15) is 9.59 Å². The molecule has 2 amide bonds. The summed E-state index contributed by atoms with van der Waals surface area (Å²) in [4.78, 5) is 23.8. The summed E-state index contributed by atoms with van der Waals surface area (Å²) in [6, 6.07) is 0. The Hall–Kier alpha value is -1.10. The van der Waals surface area contributed by atoms with Crippen molar-refractivity contribution in [3.8, 4) is 0 Å². The molecule has 0 spiro atoms. The van der Waals surface area contributed by atoms with Gasteiger partial charge in [0.2, 0.25) is 11.8 Å². The van der Waals surface area contributed by atoms with Crippen LogP contribution in [0, 0.1) is 5.92 Å². The first-order chi connectivity index (χ1) is 8.92. The predicted molar refractivity (Wildman–Crippen MR) is 73.4 cm³/mol. The van der Waals surface area contributed by atoms with E-state index in [0.717, 1.165) is 25.9 Å². The lowest BCUT2D eigenvalue weighted by atomic mass is 9.83. The van der Waals surface area contributed by atoms with Gasteiger partial charge in [0.25, 0.3) is 0 Å². The molecule has 0 bridgehead atoms. The minimum Gasteiger partial charge on any atom is -0.378 e. The van der Waals surface area contributed by atoms with Crippen LogP contribution in [-0.2, 0) is 14.3 Å². The molecule has 1 saturated heterocycles. The molecule has 1 heterocycles. The molecule has 110 valence electrons. The molecule has 1 fully saturated rings. The summed E-state index contributed by atoms with van der Waals surface area (Å²) in [5.41, 5.74) is 4.53. The average Bonchev–Trinajstić information content (AvgIpc) is 2.36. The molecule has 5 nitrogen and oxygen atoms in total. The molecular weight excluding hydrogens is 244 g/mol. The van der Waals surface area contributed by atoms with E-state index in [4.69, 9.17) is 10.5 Å². The third-order valence-electron chi connectivity index (χ3n) is 4.03. The number of hydrogen-bond acceptors (Lipinski definition) is 3. The fraction of sp³-hybridized carbons (Fsp3) is 0.857. The smallest absolute Gasteiger partial charge is 0.243 e. The van der Waals surface area contributed by atoms with Gasteiger partial charge in [0.1, 0.15) is 5.54 Å². The molecule has 1 aliphatic heterocycles. The minimum absolute atomic E-state index is 0.0247. The van der Waals surface area contributed by atoms with E-state index in [1.54, 1.807) is 0 Å². The molecule has 2 atom stereocenters. The second-order valence-corrected chi connectivity index (χ2v) is 5.58. The van der Waals surface area contributed by atoms with Crippen LogP contribution in [0.4, 0.5) is 0 Å². The van der Waals surface area contributed by atoms with Gasteiger partial charge in [-0.2, -0.15) is 0 Å². The van der Waals surface area contributed by atoms with Crippen LogP contribution in [0.25, 0.3) is 0 Å². The standard InChI is InChI=1S/C14H26N2O3/c1-4-14(10(2)3,13(15)18)16-12(17)9-11-7-5-6-8-19-11/h10-11H,4-9H2,1-3H3,(H2,15,18)(H,16,17)/t11-,14-/m1/s1. The van der Waals surface area contributed by atoms with Crippen LogP contribution in [0.3, 0.4) is 0 Å². The maximum absolute atomic E-state index is 12.1. The SMILES string of the molecule is CC[C@](NC(=O)C[C@H]1CCCCO1)(C(N)=O)C(C)C. The summed E-state index contributed by atoms with van der Waals surface area (Å²) in [5.74, 6) is -0.657. The average molecular weight is 270 g/mol. The normalized spacial score (nSPS) is 22.8. The first-order valence-electron chi connectivity index (χ1n) is 7.15. The number of carbonyl (C=O) groups is 2. The van der Waals surface area contributed by atoms with Crippen molar-refractivity contribution in [2.75, 3.05) is 6.61 Å². The van der Waals surface area contributed by atoms with Crippen LogP contribution in [-0.4, -0.2) is 30.1 Å². The number of primary amides is 1. The first-order valence-corrected chi connectivity index (χ1v) is 7.15. The highest BCUT2D eigenvalue weighted by Crippen LogP contribution is 2.22. The Morgan fingerprint density at radius 3 is 2.53 bits per heavy atom. The minimum atomic E-state index is -0.953. The Kier molecular flexibility index (Phi) is 5.79. The number of carbonyl (C=O) groups excluding carboxylic acids is 2. The summed E-state index contributed by atoms with van der Waals surface area (Å²) in [5, 5.41) is 2.83. The highest BCUT2D eigenvalue weighted by Gasteiger charge is 2.39. The molecule has 0 radical (unpaired) electrons. The third kappa shape index (κ3) is 3.93. The van der Waals surface area contributed by atoms with Crippen molar-refractivity contribution in [1.29, 1.82) is 0 Å². The molecule has 1 aliphatic rings. The maximum Gasteiger partial charge on any atom is 0.243 e. The van der Waals surface area contributed by atoms with E-state index in [-0.39, 0.29) is 17.9 Å². The highest BCUT2D eigenvalue weighted by atomic mass is 16.5. The van der Waals surface area contributed by atoms with Gasteiger partial charge < -0.3 is 15.8 Å². The molecule has 3 N–H and O–H groups in total. The molecule has 1 rings (SSSR count). The molecule has 0 aromatic heterocycles. The van der Waals surface area contributed by atoms with Gasteiger partial charge in [-0.25, -0.2) is 0 Å². The van der Waals surface area contributed by atoms with Crippen LogP contribution in [0.15, 0.2) is 0 Å². The lowest BCUT2D eigenvalue weighted by molar-refractivity contribution is -0.135. The molecule has 19 heavy (non-hydrogen) atoms. The molecule has 0 aromatic rings. The number of nitrogens with one attached hydrogen (secondary N) is 1. The lowest BCUT2D eigenvalue weighted by Crippen LogP contribution is -2.60. The highest BCUT2D eigenvalue weighted by molar-refractivity contribution is 5.90. The van der Waals surface area contributed by atoms with E-state index in [1.165, 1.54) is 0 Å². The first kappa shape index (κ1) is 16.0. The molecule has 5 heteroatoms. The Bertz CT molecular complexity index is 325. The lowest BCUT2D eigenvalue weighted by Gasteiger charge is -2.35. The van der Waals surface area contributed by atoms with E-state index in [2.05, 4.69) is 5.32 Å². The zero-order valence-electron chi connectivity index (χ0n) is 12.2. The Labute approximate surface area is 115 Å². The van der Waals surface area contributed by atoms with Gasteiger partial charge in [-0.1, -0.05) is 20.8 Å². The number of amides is 2. The topological polar surface area (TPSA) is 81.4 Å². The van der Waals surface area contributed by atoms with Crippen LogP contribution in [0.2, 0.25) is 0 Å². The second-order valence-electron chi connectivity index (χ2n) is 5.58. The maximum atomic E-state index is 12.1. The van der Waals surface area contributed by atoms with E-state index in [0.29, 0.717) is 12.8 Å². The van der Waals surface area contributed by atoms with Crippen molar-refractivity contribution in [3.63, 3.8) is 0 Å². The van der Waals surface area contributed by atoms with Crippen molar-refractivity contribution < 1.29 is 14.3 Å². The summed E-state index contributed by atoms with van der Waals surface area (Å²) in [7, 11) is 0. The zero-order chi connectivity index (χ0) is 14.5. The van der Waals surface area contributed by atoms with E-state index >= 15 is 0 Å². The van der Waals surface area contributed by atoms with Gasteiger partial charge in [-0.05, 0) is 31.6 Å². The zero-order valence-corrected chi connectivity index (χ0v) is 12.2. The van der Waals surface area contributed by atoms with Crippen molar-refractivity contribution in [2.24, 2.45) is 11.7 Å². The van der Waals surface area contributed by atoms with Gasteiger partial charge in [-0.15, -0.1) is 0 Å². The van der Waals surface area contributed by atoms with Gasteiger partial charge in [0.15, 0.2) is 0 Å². The fourth-order valence-corrected chi connectivity index (χ4v) is 2.64. The monoisotopic (exact) mass is 270 g/mol. The molecule has 0 saturated carbocycles. The number of hydrogen-bond donors (Lipinski definition) is 2. The number of nitrogens with two attached hydrogens (primary N) is 1. The van der Waals surface area contributed by atoms with Gasteiger partial charge in [-0.3, -0.25) is 9.59 Å². The van der Waals surface area contributed by atoms with Crippen molar-refractivity contribution >= 4 is 11.8 Å².